The number of nitrogens with one attached hydrogen (secondary N) is 2. The van der Waals surface area contributed by atoms with Crippen LogP contribution in [0.3, 0.4) is 0 Å². The number of amides is 3. The van der Waals surface area contributed by atoms with Gasteiger partial charge in [0.2, 0.25) is 11.8 Å². The number of ether oxygens (including phenoxy) is 2. The van der Waals surface area contributed by atoms with Crippen LogP contribution in [-0.4, -0.2) is 79.2 Å². The van der Waals surface area contributed by atoms with Crippen LogP contribution in [0.1, 0.15) is 30.9 Å². The normalized spacial score (nSPS) is 21.9. The van der Waals surface area contributed by atoms with Gasteiger partial charge < -0.3 is 25.0 Å². The van der Waals surface area contributed by atoms with Crippen LogP contribution < -0.4 is 10.6 Å². The zero-order valence-corrected chi connectivity index (χ0v) is 24.0. The van der Waals surface area contributed by atoms with Crippen molar-refractivity contribution in [1.82, 2.24) is 15.5 Å². The summed E-state index contributed by atoms with van der Waals surface area (Å²) in [5.41, 5.74) is 4.43. The second kappa shape index (κ2) is 12.8. The number of fused-ring (bicyclic) bond motifs is 3. The van der Waals surface area contributed by atoms with Crippen LogP contribution >= 0.6 is 21.6 Å². The first-order chi connectivity index (χ1) is 18.7. The predicted molar refractivity (Wildman–Crippen MR) is 152 cm³/mol. The van der Waals surface area contributed by atoms with E-state index in [4.69, 9.17) is 9.47 Å². The van der Waals surface area contributed by atoms with Gasteiger partial charge in [-0.05, 0) is 28.2 Å². The summed E-state index contributed by atoms with van der Waals surface area (Å²) in [5, 5.41) is 5.43. The summed E-state index contributed by atoms with van der Waals surface area (Å²) in [4.78, 5) is 53.1. The van der Waals surface area contributed by atoms with E-state index in [1.54, 1.807) is 0 Å². The monoisotopic (exact) mass is 571 g/mol. The number of hydrogen-bond acceptors (Lipinski definition) is 8. The smallest absolute Gasteiger partial charge is 0.407 e. The van der Waals surface area contributed by atoms with E-state index in [0.29, 0.717) is 0 Å². The van der Waals surface area contributed by atoms with Crippen molar-refractivity contribution in [2.24, 2.45) is 5.92 Å². The molecule has 2 aromatic rings. The summed E-state index contributed by atoms with van der Waals surface area (Å²) in [5.74, 6) is -1.29. The highest BCUT2D eigenvalue weighted by Crippen LogP contribution is 2.44. The Morgan fingerprint density at radius 2 is 1.62 bits per heavy atom. The van der Waals surface area contributed by atoms with Gasteiger partial charge in [0.05, 0.1) is 7.11 Å². The Morgan fingerprint density at radius 3 is 2.21 bits per heavy atom. The highest BCUT2D eigenvalue weighted by atomic mass is 33.1. The van der Waals surface area contributed by atoms with Crippen molar-refractivity contribution in [3.8, 4) is 11.1 Å². The molecule has 11 heteroatoms. The summed E-state index contributed by atoms with van der Waals surface area (Å²) >= 11 is 0. The zero-order chi connectivity index (χ0) is 28.1. The molecule has 1 saturated heterocycles. The quantitative estimate of drug-likeness (QED) is 0.415. The molecular formula is C28H33N3O6S2. The first kappa shape index (κ1) is 28.8. The third-order valence-corrected chi connectivity index (χ3v) is 9.38. The first-order valence-electron chi connectivity index (χ1n) is 12.7. The Labute approximate surface area is 236 Å². The Morgan fingerprint density at radius 1 is 1.03 bits per heavy atom. The molecule has 208 valence electrons. The first-order valence-corrected chi connectivity index (χ1v) is 15.2. The number of likely N-dealkylation sites (N-methyl/N-ethyl adjacent to an activating group) is 1. The SMILES string of the molecule is COC(=O)C1CSSC[C@H](NC(=O)OCC2c3ccccc3-c3ccccc32)C(=O)N(C)C(C(C)C)C(=O)N1. The second-order valence-electron chi connectivity index (χ2n) is 9.81. The minimum Gasteiger partial charge on any atom is -0.467 e. The topological polar surface area (TPSA) is 114 Å². The number of esters is 1. The molecule has 2 aliphatic rings. The fourth-order valence-corrected chi connectivity index (χ4v) is 7.37. The Kier molecular flexibility index (Phi) is 9.45. The number of carbonyl (C=O) groups is 4. The molecule has 0 aromatic heterocycles. The number of methoxy groups -OCH3 is 1. The van der Waals surface area contributed by atoms with Crippen molar-refractivity contribution in [2.45, 2.75) is 37.9 Å². The van der Waals surface area contributed by atoms with E-state index in [1.807, 2.05) is 50.2 Å². The largest absolute Gasteiger partial charge is 0.467 e. The molecule has 2 N–H and O–H groups in total. The number of rotatable bonds is 5. The lowest BCUT2D eigenvalue weighted by atomic mass is 9.98. The van der Waals surface area contributed by atoms with Crippen molar-refractivity contribution in [3.05, 3.63) is 59.7 Å². The molecular weight excluding hydrogens is 538 g/mol. The van der Waals surface area contributed by atoms with Crippen molar-refractivity contribution in [3.63, 3.8) is 0 Å². The number of benzene rings is 2. The Balaban J connectivity index is 1.47. The molecule has 2 aromatic carbocycles. The van der Waals surface area contributed by atoms with E-state index in [0.717, 1.165) is 22.3 Å². The molecule has 0 spiro atoms. The molecule has 2 unspecified atom stereocenters. The van der Waals surface area contributed by atoms with Crippen LogP contribution in [-0.2, 0) is 23.9 Å². The van der Waals surface area contributed by atoms with Gasteiger partial charge in [-0.2, -0.15) is 0 Å². The Hall–Kier alpha value is -3.18. The maximum atomic E-state index is 13.5. The lowest BCUT2D eigenvalue weighted by Crippen LogP contribution is -2.58. The Bertz CT molecular complexity index is 1190. The van der Waals surface area contributed by atoms with Gasteiger partial charge in [0.1, 0.15) is 24.7 Å². The predicted octanol–water partition coefficient (Wildman–Crippen LogP) is 3.43. The number of hydrogen-bond donors (Lipinski definition) is 2. The summed E-state index contributed by atoms with van der Waals surface area (Å²) in [7, 11) is 5.43. The molecule has 0 bridgehead atoms. The number of alkyl carbamates (subject to hydrolysis) is 1. The lowest BCUT2D eigenvalue weighted by molar-refractivity contribution is -0.146. The van der Waals surface area contributed by atoms with Gasteiger partial charge in [-0.1, -0.05) is 84.0 Å². The van der Waals surface area contributed by atoms with Crippen LogP contribution in [0.4, 0.5) is 4.79 Å². The van der Waals surface area contributed by atoms with E-state index in [2.05, 4.69) is 22.8 Å². The van der Waals surface area contributed by atoms with Crippen LogP contribution in [0.2, 0.25) is 0 Å². The average Bonchev–Trinajstić information content (AvgIpc) is 3.24. The number of nitrogens with zero attached hydrogens (tertiary/aromatic N) is 1. The molecule has 1 fully saturated rings. The summed E-state index contributed by atoms with van der Waals surface area (Å²) < 4.78 is 10.5. The van der Waals surface area contributed by atoms with Crippen molar-refractivity contribution in [2.75, 3.05) is 32.3 Å². The van der Waals surface area contributed by atoms with Gasteiger partial charge >= 0.3 is 12.1 Å². The molecule has 0 radical (unpaired) electrons. The average molecular weight is 572 g/mol. The standard InChI is InChI=1S/C28H33N3O6S2/c1-16(2)24-25(32)29-23(27(34)36-4)15-39-38-14-22(26(33)31(24)3)30-28(35)37-13-21-19-11-7-5-9-17(19)18-10-6-8-12-20(18)21/h5-12,16,21-24H,13-15H2,1-4H3,(H,29,32)(H,30,35)/t22-,23?,24?/m0/s1. The summed E-state index contributed by atoms with van der Waals surface area (Å²) in [6.45, 7) is 3.76. The fraction of sp³-hybridized carbons (Fsp3) is 0.429. The van der Waals surface area contributed by atoms with E-state index in [9.17, 15) is 19.2 Å². The van der Waals surface area contributed by atoms with Crippen LogP contribution in [0, 0.1) is 5.92 Å². The van der Waals surface area contributed by atoms with E-state index < -0.39 is 42.0 Å². The van der Waals surface area contributed by atoms with Gasteiger partial charge in [0.25, 0.3) is 0 Å². The molecule has 1 aliphatic carbocycles. The molecule has 39 heavy (non-hydrogen) atoms. The van der Waals surface area contributed by atoms with Gasteiger partial charge in [-0.3, -0.25) is 9.59 Å². The van der Waals surface area contributed by atoms with Gasteiger partial charge in [0.15, 0.2) is 0 Å². The minimum atomic E-state index is -0.924. The van der Waals surface area contributed by atoms with Gasteiger partial charge in [-0.15, -0.1) is 0 Å². The third kappa shape index (κ3) is 6.36. The fourth-order valence-electron chi connectivity index (χ4n) is 5.07. The molecule has 4 rings (SSSR count). The zero-order valence-electron chi connectivity index (χ0n) is 22.3. The van der Waals surface area contributed by atoms with E-state index in [-0.39, 0.29) is 29.9 Å². The van der Waals surface area contributed by atoms with Crippen LogP contribution in [0.15, 0.2) is 48.5 Å². The van der Waals surface area contributed by atoms with Crippen LogP contribution in [0.25, 0.3) is 11.1 Å². The van der Waals surface area contributed by atoms with Crippen molar-refractivity contribution in [1.29, 1.82) is 0 Å². The lowest BCUT2D eigenvalue weighted by Gasteiger charge is -2.33. The van der Waals surface area contributed by atoms with E-state index in [1.165, 1.54) is 40.6 Å². The summed E-state index contributed by atoms with van der Waals surface area (Å²) in [6.07, 6.45) is -0.706. The maximum absolute atomic E-state index is 13.5. The molecule has 9 nitrogen and oxygen atoms in total. The van der Waals surface area contributed by atoms with Gasteiger partial charge in [-0.25, -0.2) is 9.59 Å². The molecule has 1 heterocycles. The van der Waals surface area contributed by atoms with Crippen molar-refractivity contribution < 1.29 is 28.7 Å². The summed E-state index contributed by atoms with van der Waals surface area (Å²) in [6, 6.07) is 13.5. The highest BCUT2D eigenvalue weighted by molar-refractivity contribution is 8.76. The highest BCUT2D eigenvalue weighted by Gasteiger charge is 2.37. The molecule has 0 saturated carbocycles. The van der Waals surface area contributed by atoms with Crippen LogP contribution in [0.5, 0.6) is 0 Å². The molecule has 1 aliphatic heterocycles. The van der Waals surface area contributed by atoms with E-state index >= 15 is 0 Å². The minimum absolute atomic E-state index is 0.108. The number of carbonyl (C=O) groups excluding carboxylic acids is 4. The van der Waals surface area contributed by atoms with Crippen molar-refractivity contribution >= 4 is 45.5 Å². The second-order valence-corrected chi connectivity index (χ2v) is 12.4. The third-order valence-electron chi connectivity index (χ3n) is 6.95. The van der Waals surface area contributed by atoms with Gasteiger partial charge in [0, 0.05) is 24.5 Å². The maximum Gasteiger partial charge on any atom is 0.407 e. The molecule has 3 atom stereocenters. The molecule has 3 amide bonds.